The van der Waals surface area contributed by atoms with Crippen LogP contribution in [0.15, 0.2) is 74.5 Å². The van der Waals surface area contributed by atoms with Crippen molar-refractivity contribution in [3.8, 4) is 11.3 Å². The van der Waals surface area contributed by atoms with Crippen LogP contribution >= 0.6 is 39.9 Å². The van der Waals surface area contributed by atoms with Crippen LogP contribution < -0.4 is 0 Å². The van der Waals surface area contributed by atoms with Crippen LogP contribution in [-0.2, 0) is 11.2 Å². The average molecular weight is 484 g/mol. The molecular formula is C23H18BrNO2S2. The number of halogens is 1. The number of thiocarbonyl (C=S) groups is 1. The van der Waals surface area contributed by atoms with Gasteiger partial charge < -0.3 is 4.42 Å². The Labute approximate surface area is 187 Å². The maximum absolute atomic E-state index is 12.8. The van der Waals surface area contributed by atoms with Crippen LogP contribution in [0.1, 0.15) is 16.9 Å². The van der Waals surface area contributed by atoms with Gasteiger partial charge in [0.25, 0.3) is 5.91 Å². The van der Waals surface area contributed by atoms with Gasteiger partial charge in [0.05, 0.1) is 4.91 Å². The Balaban J connectivity index is 1.48. The van der Waals surface area contributed by atoms with Gasteiger partial charge in [-0.15, -0.1) is 0 Å². The summed E-state index contributed by atoms with van der Waals surface area (Å²) in [5.74, 6) is 1.35. The summed E-state index contributed by atoms with van der Waals surface area (Å²) in [4.78, 5) is 15.1. The summed E-state index contributed by atoms with van der Waals surface area (Å²) >= 11 is 10.3. The van der Waals surface area contributed by atoms with Gasteiger partial charge in [0.2, 0.25) is 0 Å². The summed E-state index contributed by atoms with van der Waals surface area (Å²) in [7, 11) is 0. The lowest BCUT2D eigenvalue weighted by Crippen LogP contribution is -2.30. The van der Waals surface area contributed by atoms with E-state index in [1.165, 1.54) is 17.3 Å². The Morgan fingerprint density at radius 3 is 2.69 bits per heavy atom. The highest BCUT2D eigenvalue weighted by atomic mass is 79.9. The minimum atomic E-state index is -0.0617. The highest BCUT2D eigenvalue weighted by Gasteiger charge is 2.31. The van der Waals surface area contributed by atoms with Crippen molar-refractivity contribution in [2.45, 2.75) is 13.3 Å². The molecule has 2 heterocycles. The van der Waals surface area contributed by atoms with E-state index in [1.54, 1.807) is 11.0 Å². The van der Waals surface area contributed by atoms with Gasteiger partial charge in [-0.1, -0.05) is 76.3 Å². The number of nitrogens with zero attached hydrogens (tertiary/aromatic N) is 1. The zero-order valence-corrected chi connectivity index (χ0v) is 18.9. The fourth-order valence-electron chi connectivity index (χ4n) is 3.09. The van der Waals surface area contributed by atoms with Gasteiger partial charge >= 0.3 is 0 Å². The molecule has 3 nitrogen and oxygen atoms in total. The molecule has 1 amide bonds. The topological polar surface area (TPSA) is 33.5 Å². The van der Waals surface area contributed by atoms with Gasteiger partial charge in [-0.05, 0) is 48.7 Å². The van der Waals surface area contributed by atoms with Crippen LogP contribution in [0, 0.1) is 6.92 Å². The van der Waals surface area contributed by atoms with E-state index in [0.717, 1.165) is 27.8 Å². The first-order chi connectivity index (χ1) is 14.0. The molecule has 1 aliphatic heterocycles. The molecule has 29 heavy (non-hydrogen) atoms. The highest BCUT2D eigenvalue weighted by Crippen LogP contribution is 2.34. The first-order valence-corrected chi connectivity index (χ1v) is 11.2. The van der Waals surface area contributed by atoms with Crippen LogP contribution in [0.3, 0.4) is 0 Å². The largest absolute Gasteiger partial charge is 0.457 e. The normalized spacial score (nSPS) is 15.5. The quantitative estimate of drug-likeness (QED) is 0.307. The molecule has 0 radical (unpaired) electrons. The van der Waals surface area contributed by atoms with E-state index >= 15 is 0 Å². The lowest BCUT2D eigenvalue weighted by atomic mass is 10.1. The fraction of sp³-hybridized carbons (Fsp3) is 0.130. The monoisotopic (exact) mass is 483 g/mol. The second-order valence-corrected chi connectivity index (χ2v) is 9.27. The maximum atomic E-state index is 12.8. The van der Waals surface area contributed by atoms with Crippen LogP contribution in [0.5, 0.6) is 0 Å². The molecule has 0 spiro atoms. The number of amides is 1. The lowest BCUT2D eigenvalue weighted by Gasteiger charge is -2.14. The Kier molecular flexibility index (Phi) is 6.04. The van der Waals surface area contributed by atoms with Gasteiger partial charge in [-0.25, -0.2) is 0 Å². The smallest absolute Gasteiger partial charge is 0.266 e. The number of benzene rings is 2. The molecule has 0 bridgehead atoms. The zero-order chi connectivity index (χ0) is 20.4. The van der Waals surface area contributed by atoms with Crippen molar-refractivity contribution in [2.75, 3.05) is 6.54 Å². The molecule has 6 heteroatoms. The summed E-state index contributed by atoms with van der Waals surface area (Å²) in [5.41, 5.74) is 3.33. The van der Waals surface area contributed by atoms with Crippen LogP contribution in [0.2, 0.25) is 0 Å². The molecule has 3 aromatic rings. The summed E-state index contributed by atoms with van der Waals surface area (Å²) in [5, 5.41) is 0. The second-order valence-electron chi connectivity index (χ2n) is 6.73. The third kappa shape index (κ3) is 4.55. The predicted octanol–water partition coefficient (Wildman–Crippen LogP) is 6.46. The first-order valence-electron chi connectivity index (χ1n) is 9.17. The van der Waals surface area contributed by atoms with Gasteiger partial charge in [0, 0.05) is 22.7 Å². The molecular weight excluding hydrogens is 466 g/mol. The Morgan fingerprint density at radius 1 is 1.14 bits per heavy atom. The SMILES string of the molecule is Cc1cc(-c2ccc(/C=C3\SC(=S)N(CCc4ccccc4)C3=O)o2)ccc1Br. The minimum absolute atomic E-state index is 0.0617. The number of carbonyl (C=O) groups is 1. The Bertz CT molecular complexity index is 1110. The minimum Gasteiger partial charge on any atom is -0.457 e. The number of rotatable bonds is 5. The Morgan fingerprint density at radius 2 is 1.93 bits per heavy atom. The molecule has 146 valence electrons. The predicted molar refractivity (Wildman–Crippen MR) is 127 cm³/mol. The molecule has 0 aliphatic carbocycles. The average Bonchev–Trinajstić information content (AvgIpc) is 3.28. The van der Waals surface area contributed by atoms with Crippen molar-refractivity contribution in [2.24, 2.45) is 0 Å². The molecule has 4 rings (SSSR count). The number of aryl methyl sites for hydroxylation is 1. The van der Waals surface area contributed by atoms with E-state index in [4.69, 9.17) is 16.6 Å². The third-order valence-corrected chi connectivity index (χ3v) is 6.95. The van der Waals surface area contributed by atoms with Gasteiger partial charge in [-0.2, -0.15) is 0 Å². The van der Waals surface area contributed by atoms with E-state index in [-0.39, 0.29) is 5.91 Å². The molecule has 0 saturated carbocycles. The number of thioether (sulfide) groups is 1. The number of hydrogen-bond acceptors (Lipinski definition) is 4. The van der Waals surface area contributed by atoms with Crippen molar-refractivity contribution < 1.29 is 9.21 Å². The summed E-state index contributed by atoms with van der Waals surface area (Å²) < 4.78 is 7.61. The Hall–Kier alpha value is -2.15. The molecule has 0 unspecified atom stereocenters. The standard InChI is InChI=1S/C23H18BrNO2S2/c1-15-13-17(7-9-19(15)24)20-10-8-18(27-20)14-21-22(26)25(23(28)29-21)12-11-16-5-3-2-4-6-16/h2-10,13-14H,11-12H2,1H3/b21-14-. The molecule has 0 N–H and O–H groups in total. The van der Waals surface area contributed by atoms with E-state index in [9.17, 15) is 4.79 Å². The number of furan rings is 1. The van der Waals surface area contributed by atoms with E-state index in [0.29, 0.717) is 21.5 Å². The van der Waals surface area contributed by atoms with Crippen LogP contribution in [-0.4, -0.2) is 21.7 Å². The molecule has 1 saturated heterocycles. The molecule has 1 aromatic heterocycles. The molecule has 1 fully saturated rings. The molecule has 1 aliphatic rings. The van der Waals surface area contributed by atoms with Crippen LogP contribution in [0.25, 0.3) is 17.4 Å². The van der Waals surface area contributed by atoms with Crippen molar-refractivity contribution in [1.29, 1.82) is 0 Å². The molecule has 0 atom stereocenters. The first kappa shape index (κ1) is 20.1. The molecule has 2 aromatic carbocycles. The maximum Gasteiger partial charge on any atom is 0.266 e. The number of hydrogen-bond donors (Lipinski definition) is 0. The third-order valence-electron chi connectivity index (χ3n) is 4.68. The van der Waals surface area contributed by atoms with E-state index in [2.05, 4.69) is 34.1 Å². The van der Waals surface area contributed by atoms with Crippen LogP contribution in [0.4, 0.5) is 0 Å². The zero-order valence-electron chi connectivity index (χ0n) is 15.7. The summed E-state index contributed by atoms with van der Waals surface area (Å²) in [6.07, 6.45) is 2.55. The van der Waals surface area contributed by atoms with Crippen molar-refractivity contribution in [1.82, 2.24) is 4.90 Å². The van der Waals surface area contributed by atoms with Crippen molar-refractivity contribution >= 4 is 56.2 Å². The highest BCUT2D eigenvalue weighted by molar-refractivity contribution is 9.10. The number of carbonyl (C=O) groups excluding carboxylic acids is 1. The summed E-state index contributed by atoms with van der Waals surface area (Å²) in [6.45, 7) is 2.62. The van der Waals surface area contributed by atoms with Gasteiger partial charge in [0.15, 0.2) is 0 Å². The van der Waals surface area contributed by atoms with Crippen molar-refractivity contribution in [3.05, 3.63) is 86.9 Å². The second kappa shape index (κ2) is 8.69. The lowest BCUT2D eigenvalue weighted by molar-refractivity contribution is -0.122. The van der Waals surface area contributed by atoms with Gasteiger partial charge in [0.1, 0.15) is 15.8 Å². The van der Waals surface area contributed by atoms with E-state index in [1.807, 2.05) is 49.4 Å². The van der Waals surface area contributed by atoms with Crippen molar-refractivity contribution in [3.63, 3.8) is 0 Å². The fourth-order valence-corrected chi connectivity index (χ4v) is 4.63. The summed E-state index contributed by atoms with van der Waals surface area (Å²) in [6, 6.07) is 20.0. The van der Waals surface area contributed by atoms with Gasteiger partial charge in [-0.3, -0.25) is 9.69 Å². The van der Waals surface area contributed by atoms with E-state index < -0.39 is 0 Å².